The molecule has 6 nitrogen and oxygen atoms in total. The van der Waals surface area contributed by atoms with Crippen molar-refractivity contribution in [1.29, 1.82) is 0 Å². The Hall–Kier alpha value is -2.70. The molecule has 1 N–H and O–H groups in total. The molecule has 3 rings (SSSR count). The van der Waals surface area contributed by atoms with E-state index in [0.29, 0.717) is 43.0 Å². The van der Waals surface area contributed by atoms with Gasteiger partial charge in [-0.05, 0) is 67.9 Å². The highest BCUT2D eigenvalue weighted by Gasteiger charge is 2.24. The first-order valence-electron chi connectivity index (χ1n) is 10.2. The fourth-order valence-electron chi connectivity index (χ4n) is 3.85. The molecule has 1 saturated heterocycles. The van der Waals surface area contributed by atoms with Gasteiger partial charge in [0.2, 0.25) is 11.8 Å². The number of piperidine rings is 1. The number of aromatic nitrogens is 2. The van der Waals surface area contributed by atoms with E-state index in [0.717, 1.165) is 31.4 Å². The minimum absolute atomic E-state index is 0.0697. The van der Waals surface area contributed by atoms with Crippen LogP contribution >= 0.6 is 0 Å². The van der Waals surface area contributed by atoms with E-state index in [1.165, 1.54) is 12.1 Å². The van der Waals surface area contributed by atoms with Crippen molar-refractivity contribution in [2.45, 2.75) is 45.4 Å². The van der Waals surface area contributed by atoms with E-state index in [-0.39, 0.29) is 17.6 Å². The molecular weight excluding hydrogens is 371 g/mol. The normalized spacial score (nSPS) is 16.7. The van der Waals surface area contributed by atoms with Gasteiger partial charge < -0.3 is 10.2 Å². The Balaban J connectivity index is 1.42. The molecule has 1 aliphatic rings. The molecule has 2 heterocycles. The highest BCUT2D eigenvalue weighted by atomic mass is 19.1. The molecule has 0 radical (unpaired) electrons. The van der Waals surface area contributed by atoms with Crippen LogP contribution in [0.25, 0.3) is 0 Å². The molecule has 0 aliphatic carbocycles. The van der Waals surface area contributed by atoms with Crippen LogP contribution in [0.5, 0.6) is 0 Å². The van der Waals surface area contributed by atoms with Gasteiger partial charge in [-0.15, -0.1) is 0 Å². The zero-order valence-corrected chi connectivity index (χ0v) is 17.2. The summed E-state index contributed by atoms with van der Waals surface area (Å²) in [4.78, 5) is 26.8. The first kappa shape index (κ1) is 21.0. The molecule has 0 spiro atoms. The Labute approximate surface area is 171 Å². The SMILES string of the molecule is Cc1cc(F)ccc1NC(=O)CC[C@H]1CCCN(C(=O)CCc2cnn(C)c2)C1. The number of aryl methyl sites for hydroxylation is 3. The molecule has 2 aromatic rings. The number of amides is 2. The number of hydrogen-bond donors (Lipinski definition) is 1. The Morgan fingerprint density at radius 2 is 2.14 bits per heavy atom. The number of hydrogen-bond acceptors (Lipinski definition) is 3. The van der Waals surface area contributed by atoms with Crippen LogP contribution in [0.2, 0.25) is 0 Å². The highest BCUT2D eigenvalue weighted by molar-refractivity contribution is 5.91. The summed E-state index contributed by atoms with van der Waals surface area (Å²) in [6, 6.07) is 4.34. The number of nitrogens with one attached hydrogen (secondary N) is 1. The third kappa shape index (κ3) is 6.14. The van der Waals surface area contributed by atoms with Crippen LogP contribution in [0.4, 0.5) is 10.1 Å². The summed E-state index contributed by atoms with van der Waals surface area (Å²) in [6.45, 7) is 3.28. The van der Waals surface area contributed by atoms with E-state index in [2.05, 4.69) is 10.4 Å². The summed E-state index contributed by atoms with van der Waals surface area (Å²) in [5.74, 6) is 0.131. The molecule has 1 aromatic carbocycles. The van der Waals surface area contributed by atoms with Crippen molar-refractivity contribution in [3.63, 3.8) is 0 Å². The van der Waals surface area contributed by atoms with Crippen molar-refractivity contribution in [3.05, 3.63) is 47.5 Å². The van der Waals surface area contributed by atoms with Crippen molar-refractivity contribution in [1.82, 2.24) is 14.7 Å². The lowest BCUT2D eigenvalue weighted by molar-refractivity contribution is -0.133. The summed E-state index contributed by atoms with van der Waals surface area (Å²) in [7, 11) is 1.87. The molecule has 156 valence electrons. The van der Waals surface area contributed by atoms with Crippen LogP contribution in [0, 0.1) is 18.7 Å². The molecule has 1 aromatic heterocycles. The lowest BCUT2D eigenvalue weighted by atomic mass is 9.93. The second-order valence-corrected chi connectivity index (χ2v) is 7.92. The maximum atomic E-state index is 13.2. The van der Waals surface area contributed by atoms with Gasteiger partial charge in [0.05, 0.1) is 6.20 Å². The third-order valence-electron chi connectivity index (χ3n) is 5.50. The van der Waals surface area contributed by atoms with Gasteiger partial charge in [0.1, 0.15) is 5.82 Å². The van der Waals surface area contributed by atoms with E-state index in [4.69, 9.17) is 0 Å². The van der Waals surface area contributed by atoms with Gasteiger partial charge in [0, 0.05) is 44.9 Å². The molecule has 0 saturated carbocycles. The third-order valence-corrected chi connectivity index (χ3v) is 5.50. The first-order valence-corrected chi connectivity index (χ1v) is 10.2. The second-order valence-electron chi connectivity index (χ2n) is 7.92. The minimum atomic E-state index is -0.309. The predicted molar refractivity (Wildman–Crippen MR) is 110 cm³/mol. The predicted octanol–water partition coefficient (Wildman–Crippen LogP) is 3.46. The zero-order valence-electron chi connectivity index (χ0n) is 17.2. The van der Waals surface area contributed by atoms with E-state index < -0.39 is 0 Å². The fourth-order valence-corrected chi connectivity index (χ4v) is 3.85. The van der Waals surface area contributed by atoms with Crippen LogP contribution in [-0.4, -0.2) is 39.6 Å². The topological polar surface area (TPSA) is 67.2 Å². The standard InChI is InChI=1S/C22H29FN4O2/c1-16-12-19(23)7-8-20(16)25-21(28)9-5-17-4-3-11-27(15-17)22(29)10-6-18-13-24-26(2)14-18/h7-8,12-14,17H,3-6,9-11,15H2,1-2H3,(H,25,28)/t17-/m1/s1. The number of carbonyl (C=O) groups is 2. The number of anilines is 1. The summed E-state index contributed by atoms with van der Waals surface area (Å²) in [6.07, 6.45) is 8.09. The van der Waals surface area contributed by atoms with Crippen LogP contribution in [0.1, 0.15) is 43.2 Å². The van der Waals surface area contributed by atoms with E-state index in [1.807, 2.05) is 18.1 Å². The highest BCUT2D eigenvalue weighted by Crippen LogP contribution is 2.23. The Bertz CT molecular complexity index is 864. The Morgan fingerprint density at radius 3 is 2.86 bits per heavy atom. The number of halogens is 1. The van der Waals surface area contributed by atoms with Gasteiger partial charge in [-0.25, -0.2) is 4.39 Å². The van der Waals surface area contributed by atoms with Crippen molar-refractivity contribution >= 4 is 17.5 Å². The van der Waals surface area contributed by atoms with Gasteiger partial charge in [-0.3, -0.25) is 14.3 Å². The Morgan fingerprint density at radius 1 is 1.31 bits per heavy atom. The fraction of sp³-hybridized carbons (Fsp3) is 0.500. The quantitative estimate of drug-likeness (QED) is 0.774. The zero-order chi connectivity index (χ0) is 20.8. The smallest absolute Gasteiger partial charge is 0.224 e. The number of benzene rings is 1. The van der Waals surface area contributed by atoms with Crippen molar-refractivity contribution in [2.24, 2.45) is 13.0 Å². The maximum Gasteiger partial charge on any atom is 0.224 e. The van der Waals surface area contributed by atoms with Crippen molar-refractivity contribution in [2.75, 3.05) is 18.4 Å². The number of carbonyl (C=O) groups excluding carboxylic acids is 2. The molecule has 1 fully saturated rings. The second kappa shape index (κ2) is 9.67. The lowest BCUT2D eigenvalue weighted by Crippen LogP contribution is -2.40. The van der Waals surface area contributed by atoms with Crippen LogP contribution in [-0.2, 0) is 23.1 Å². The molecule has 0 bridgehead atoms. The minimum Gasteiger partial charge on any atom is -0.342 e. The van der Waals surface area contributed by atoms with Gasteiger partial charge in [0.25, 0.3) is 0 Å². The largest absolute Gasteiger partial charge is 0.342 e. The number of rotatable bonds is 7. The number of nitrogens with zero attached hydrogens (tertiary/aromatic N) is 3. The van der Waals surface area contributed by atoms with Crippen LogP contribution in [0.3, 0.4) is 0 Å². The van der Waals surface area contributed by atoms with Gasteiger partial charge in [-0.2, -0.15) is 5.10 Å². The summed E-state index contributed by atoms with van der Waals surface area (Å²) >= 11 is 0. The maximum absolute atomic E-state index is 13.2. The summed E-state index contributed by atoms with van der Waals surface area (Å²) < 4.78 is 14.9. The van der Waals surface area contributed by atoms with E-state index in [9.17, 15) is 14.0 Å². The average molecular weight is 400 g/mol. The van der Waals surface area contributed by atoms with Gasteiger partial charge >= 0.3 is 0 Å². The molecule has 29 heavy (non-hydrogen) atoms. The summed E-state index contributed by atoms with van der Waals surface area (Å²) in [5, 5.41) is 6.99. The molecule has 2 amide bonds. The molecular formula is C22H29FN4O2. The number of likely N-dealkylation sites (tertiary alicyclic amines) is 1. The Kier molecular flexibility index (Phi) is 7.01. The van der Waals surface area contributed by atoms with Crippen LogP contribution < -0.4 is 5.32 Å². The van der Waals surface area contributed by atoms with Crippen molar-refractivity contribution in [3.8, 4) is 0 Å². The van der Waals surface area contributed by atoms with Crippen molar-refractivity contribution < 1.29 is 14.0 Å². The van der Waals surface area contributed by atoms with E-state index in [1.54, 1.807) is 23.9 Å². The first-order chi connectivity index (χ1) is 13.9. The van der Waals surface area contributed by atoms with Gasteiger partial charge in [0.15, 0.2) is 0 Å². The monoisotopic (exact) mass is 400 g/mol. The average Bonchev–Trinajstić information content (AvgIpc) is 3.12. The molecule has 1 aliphatic heterocycles. The van der Waals surface area contributed by atoms with Gasteiger partial charge in [-0.1, -0.05) is 0 Å². The molecule has 7 heteroatoms. The van der Waals surface area contributed by atoms with E-state index >= 15 is 0 Å². The molecule has 0 unspecified atom stereocenters. The van der Waals surface area contributed by atoms with Crippen LogP contribution in [0.15, 0.2) is 30.6 Å². The lowest BCUT2D eigenvalue weighted by Gasteiger charge is -2.33. The molecule has 1 atom stereocenters. The summed E-state index contributed by atoms with van der Waals surface area (Å²) in [5.41, 5.74) is 2.43.